The average molecular weight is 256 g/mol. The van der Waals surface area contributed by atoms with Gasteiger partial charge in [-0.3, -0.25) is 4.90 Å². The first-order valence-electron chi connectivity index (χ1n) is 6.10. The molecule has 3 nitrogen and oxygen atoms in total. The van der Waals surface area contributed by atoms with Crippen molar-refractivity contribution in [2.75, 3.05) is 40.0 Å². The minimum absolute atomic E-state index is 0.403. The molecule has 0 spiro atoms. The van der Waals surface area contributed by atoms with Gasteiger partial charge in [-0.1, -0.05) is 6.07 Å². The van der Waals surface area contributed by atoms with Crippen LogP contribution >= 0.6 is 0 Å². The second-order valence-electron chi connectivity index (χ2n) is 4.34. The third-order valence-corrected chi connectivity index (χ3v) is 3.31. The molecule has 1 N–H and O–H groups in total. The van der Waals surface area contributed by atoms with Gasteiger partial charge < -0.3 is 10.1 Å². The highest BCUT2D eigenvalue weighted by Crippen LogP contribution is 2.27. The Hall–Kier alpha value is -1.20. The van der Waals surface area contributed by atoms with Gasteiger partial charge in [0, 0.05) is 37.8 Å². The number of benzene rings is 1. The summed E-state index contributed by atoms with van der Waals surface area (Å²) in [4.78, 5) is 1.97. The summed E-state index contributed by atoms with van der Waals surface area (Å²) in [5.74, 6) is 0.0460. The van der Waals surface area contributed by atoms with Crippen LogP contribution in [0.5, 0.6) is 5.75 Å². The highest BCUT2D eigenvalue weighted by Gasteiger charge is 2.24. The Balaban J connectivity index is 2.20. The molecule has 5 heteroatoms. The van der Waals surface area contributed by atoms with Crippen molar-refractivity contribution >= 4 is 0 Å². The van der Waals surface area contributed by atoms with E-state index in [2.05, 4.69) is 5.32 Å². The van der Waals surface area contributed by atoms with Crippen LogP contribution in [0.2, 0.25) is 0 Å². The maximum Gasteiger partial charge on any atom is 0.131 e. The van der Waals surface area contributed by atoms with Crippen LogP contribution in [0.1, 0.15) is 11.6 Å². The van der Waals surface area contributed by atoms with Crippen LogP contribution in [0.3, 0.4) is 0 Å². The zero-order valence-electron chi connectivity index (χ0n) is 10.5. The smallest absolute Gasteiger partial charge is 0.131 e. The molecule has 0 amide bonds. The van der Waals surface area contributed by atoms with E-state index in [1.54, 1.807) is 12.1 Å². The molecule has 1 fully saturated rings. The van der Waals surface area contributed by atoms with E-state index in [0.29, 0.717) is 11.3 Å². The quantitative estimate of drug-likeness (QED) is 0.888. The third kappa shape index (κ3) is 2.79. The molecule has 1 aromatic carbocycles. The van der Waals surface area contributed by atoms with Gasteiger partial charge in [-0.05, 0) is 6.07 Å². The number of ether oxygens (including phenoxy) is 1. The van der Waals surface area contributed by atoms with Gasteiger partial charge in [-0.2, -0.15) is 0 Å². The van der Waals surface area contributed by atoms with Gasteiger partial charge in [0.05, 0.1) is 13.2 Å². The first kappa shape index (κ1) is 13.2. The monoisotopic (exact) mass is 256 g/mol. The average Bonchev–Trinajstić information content (AvgIpc) is 2.42. The van der Waals surface area contributed by atoms with Gasteiger partial charge in [0.2, 0.25) is 0 Å². The molecule has 0 aromatic heterocycles. The number of nitrogens with zero attached hydrogens (tertiary/aromatic N) is 1. The lowest BCUT2D eigenvalue weighted by molar-refractivity contribution is 0.144. The normalized spacial score (nSPS) is 18.6. The van der Waals surface area contributed by atoms with Crippen molar-refractivity contribution in [2.45, 2.75) is 6.04 Å². The van der Waals surface area contributed by atoms with Crippen LogP contribution in [-0.2, 0) is 0 Å². The molecular weight excluding hydrogens is 238 g/mol. The van der Waals surface area contributed by atoms with Crippen molar-refractivity contribution in [3.63, 3.8) is 0 Å². The van der Waals surface area contributed by atoms with E-state index in [1.807, 2.05) is 4.90 Å². The number of hydrogen-bond acceptors (Lipinski definition) is 3. The first-order valence-corrected chi connectivity index (χ1v) is 6.10. The molecule has 1 aromatic rings. The van der Waals surface area contributed by atoms with E-state index in [1.165, 1.54) is 13.2 Å². The van der Waals surface area contributed by atoms with Crippen LogP contribution < -0.4 is 10.1 Å². The molecule has 2 rings (SSSR count). The van der Waals surface area contributed by atoms with Crippen LogP contribution in [0.15, 0.2) is 18.2 Å². The maximum absolute atomic E-state index is 13.9. The number of halogens is 2. The van der Waals surface area contributed by atoms with E-state index in [-0.39, 0.29) is 0 Å². The van der Waals surface area contributed by atoms with Gasteiger partial charge in [0.1, 0.15) is 18.2 Å². The fraction of sp³-hybridized carbons (Fsp3) is 0.538. The lowest BCUT2D eigenvalue weighted by Crippen LogP contribution is -2.45. The van der Waals surface area contributed by atoms with Gasteiger partial charge in [0.15, 0.2) is 0 Å². The molecule has 1 aliphatic heterocycles. The molecule has 0 bridgehead atoms. The van der Waals surface area contributed by atoms with Crippen LogP contribution in [-0.4, -0.2) is 44.9 Å². The molecule has 1 saturated heterocycles. The summed E-state index contributed by atoms with van der Waals surface area (Å²) in [6.07, 6.45) is 0. The standard InChI is InChI=1S/C13H18F2N2O/c1-18-10-2-3-11(12(15)8-10)13(9-14)17-6-4-16-5-7-17/h2-3,8,13,16H,4-7,9H2,1H3/t13-/m0/s1. The van der Waals surface area contributed by atoms with Crippen molar-refractivity contribution in [1.29, 1.82) is 0 Å². The summed E-state index contributed by atoms with van der Waals surface area (Å²) in [5, 5.41) is 3.20. The molecule has 100 valence electrons. The third-order valence-electron chi connectivity index (χ3n) is 3.31. The SMILES string of the molecule is COc1ccc([C@H](CF)N2CCNCC2)c(F)c1. The lowest BCUT2D eigenvalue weighted by Gasteiger charge is -2.33. The van der Waals surface area contributed by atoms with E-state index < -0.39 is 18.5 Å². The fourth-order valence-electron chi connectivity index (χ4n) is 2.28. The van der Waals surface area contributed by atoms with Crippen LogP contribution in [0, 0.1) is 5.82 Å². The Kier molecular flexibility index (Phi) is 4.49. The minimum Gasteiger partial charge on any atom is -0.497 e. The zero-order valence-corrected chi connectivity index (χ0v) is 10.5. The van der Waals surface area contributed by atoms with Crippen molar-refractivity contribution in [2.24, 2.45) is 0 Å². The summed E-state index contributed by atoms with van der Waals surface area (Å²) in [6.45, 7) is 2.52. The second-order valence-corrected chi connectivity index (χ2v) is 4.34. The Morgan fingerprint density at radius 1 is 1.39 bits per heavy atom. The number of methoxy groups -OCH3 is 1. The summed E-state index contributed by atoms with van der Waals surface area (Å²) in [5.41, 5.74) is 0.403. The van der Waals surface area contributed by atoms with E-state index >= 15 is 0 Å². The predicted octanol–water partition coefficient (Wildman–Crippen LogP) is 1.75. The van der Waals surface area contributed by atoms with Crippen molar-refractivity contribution in [1.82, 2.24) is 10.2 Å². The molecule has 1 aliphatic rings. The van der Waals surface area contributed by atoms with Crippen molar-refractivity contribution in [3.8, 4) is 5.75 Å². The topological polar surface area (TPSA) is 24.5 Å². The van der Waals surface area contributed by atoms with Crippen LogP contribution in [0.4, 0.5) is 8.78 Å². The Labute approximate surface area is 106 Å². The minimum atomic E-state index is -0.580. The second kappa shape index (κ2) is 6.11. The predicted molar refractivity (Wildman–Crippen MR) is 66.1 cm³/mol. The largest absolute Gasteiger partial charge is 0.497 e. The first-order chi connectivity index (χ1) is 8.76. The molecule has 0 radical (unpaired) electrons. The van der Waals surface area contributed by atoms with Crippen molar-refractivity contribution in [3.05, 3.63) is 29.6 Å². The van der Waals surface area contributed by atoms with Gasteiger partial charge in [0.25, 0.3) is 0 Å². The number of alkyl halides is 1. The number of piperazine rings is 1. The Morgan fingerprint density at radius 2 is 2.11 bits per heavy atom. The summed E-state index contributed by atoms with van der Waals surface area (Å²) < 4.78 is 32.1. The molecule has 0 saturated carbocycles. The highest BCUT2D eigenvalue weighted by molar-refractivity contribution is 5.31. The number of nitrogens with one attached hydrogen (secondary N) is 1. The van der Waals surface area contributed by atoms with Gasteiger partial charge in [-0.25, -0.2) is 8.78 Å². The number of rotatable bonds is 4. The molecule has 1 atom stereocenters. The highest BCUT2D eigenvalue weighted by atomic mass is 19.1. The summed E-state index contributed by atoms with van der Waals surface area (Å²) >= 11 is 0. The van der Waals surface area contributed by atoms with Crippen LogP contribution in [0.25, 0.3) is 0 Å². The van der Waals surface area contributed by atoms with Crippen molar-refractivity contribution < 1.29 is 13.5 Å². The summed E-state index contributed by atoms with van der Waals surface area (Å²) in [7, 11) is 1.48. The number of hydrogen-bond donors (Lipinski definition) is 1. The van der Waals surface area contributed by atoms with E-state index in [4.69, 9.17) is 4.74 Å². The molecule has 0 aliphatic carbocycles. The van der Waals surface area contributed by atoms with Gasteiger partial charge in [-0.15, -0.1) is 0 Å². The molecule has 0 unspecified atom stereocenters. The molecule has 18 heavy (non-hydrogen) atoms. The van der Waals surface area contributed by atoms with Gasteiger partial charge >= 0.3 is 0 Å². The Morgan fingerprint density at radius 3 is 2.67 bits per heavy atom. The van der Waals surface area contributed by atoms with E-state index in [0.717, 1.165) is 26.2 Å². The molecule has 1 heterocycles. The zero-order chi connectivity index (χ0) is 13.0. The summed E-state index contributed by atoms with van der Waals surface area (Å²) in [6, 6.07) is 4.09. The Bertz CT molecular complexity index is 395. The molecular formula is C13H18F2N2O. The maximum atomic E-state index is 13.9. The fourth-order valence-corrected chi connectivity index (χ4v) is 2.28. The van der Waals surface area contributed by atoms with E-state index in [9.17, 15) is 8.78 Å². The lowest BCUT2D eigenvalue weighted by atomic mass is 10.0.